The minimum atomic E-state index is -0.213. The maximum absolute atomic E-state index is 12.1. The lowest BCUT2D eigenvalue weighted by atomic mass is 10.0. The molecule has 3 nitrogen and oxygen atoms in total. The molecule has 2 atom stereocenters. The van der Waals surface area contributed by atoms with Gasteiger partial charge in [0.15, 0.2) is 0 Å². The zero-order valence-electron chi connectivity index (χ0n) is 10.4. The van der Waals surface area contributed by atoms with Gasteiger partial charge in [-0.2, -0.15) is 0 Å². The molecule has 18 heavy (non-hydrogen) atoms. The number of nitrogens with one attached hydrogen (secondary N) is 1. The number of halogens is 1. The van der Waals surface area contributed by atoms with Gasteiger partial charge in [0.25, 0.3) is 5.91 Å². The molecule has 1 aliphatic rings. The van der Waals surface area contributed by atoms with E-state index < -0.39 is 0 Å². The molecule has 1 aromatic rings. The fraction of sp³-hybridized carbons (Fsp3) is 0.500. The van der Waals surface area contributed by atoms with Gasteiger partial charge in [-0.3, -0.25) is 4.79 Å². The van der Waals surface area contributed by atoms with Gasteiger partial charge in [-0.1, -0.05) is 12.5 Å². The van der Waals surface area contributed by atoms with Crippen LogP contribution in [0, 0.1) is 12.8 Å². The lowest BCUT2D eigenvalue weighted by Crippen LogP contribution is -2.37. The van der Waals surface area contributed by atoms with Crippen LogP contribution in [-0.2, 0) is 0 Å². The normalized spacial score (nSPS) is 23.0. The molecule has 0 radical (unpaired) electrons. The predicted molar refractivity (Wildman–Crippen MR) is 72.2 cm³/mol. The Bertz CT molecular complexity index is 447. The Hall–Kier alpha value is -1.22. The van der Waals surface area contributed by atoms with Gasteiger partial charge in [-0.05, 0) is 43.4 Å². The molecule has 0 heterocycles. The molecule has 0 bridgehead atoms. The van der Waals surface area contributed by atoms with Crippen LogP contribution < -0.4 is 5.32 Å². The minimum Gasteiger partial charge on any atom is -0.507 e. The third-order valence-electron chi connectivity index (χ3n) is 3.57. The van der Waals surface area contributed by atoms with Gasteiger partial charge in [-0.15, -0.1) is 11.6 Å². The average molecular weight is 268 g/mol. The van der Waals surface area contributed by atoms with Crippen molar-refractivity contribution in [1.82, 2.24) is 5.32 Å². The number of benzene rings is 1. The van der Waals surface area contributed by atoms with Crippen molar-refractivity contribution in [3.63, 3.8) is 0 Å². The molecule has 1 aliphatic carbocycles. The van der Waals surface area contributed by atoms with Crippen LogP contribution >= 0.6 is 11.6 Å². The summed E-state index contributed by atoms with van der Waals surface area (Å²) in [5, 5.41) is 12.7. The third kappa shape index (κ3) is 2.78. The van der Waals surface area contributed by atoms with E-state index in [9.17, 15) is 9.90 Å². The largest absolute Gasteiger partial charge is 0.507 e. The third-order valence-corrected chi connectivity index (χ3v) is 3.97. The summed E-state index contributed by atoms with van der Waals surface area (Å²) >= 11 is 5.88. The first kappa shape index (κ1) is 13.2. The van der Waals surface area contributed by atoms with Gasteiger partial charge < -0.3 is 10.4 Å². The summed E-state index contributed by atoms with van der Waals surface area (Å²) in [4.78, 5) is 12.1. The number of carbonyl (C=O) groups is 1. The molecule has 2 rings (SSSR count). The van der Waals surface area contributed by atoms with Gasteiger partial charge in [-0.25, -0.2) is 0 Å². The van der Waals surface area contributed by atoms with Crippen molar-refractivity contribution >= 4 is 17.5 Å². The van der Waals surface area contributed by atoms with E-state index >= 15 is 0 Å². The van der Waals surface area contributed by atoms with Gasteiger partial charge in [0.2, 0.25) is 0 Å². The molecule has 98 valence electrons. The summed E-state index contributed by atoms with van der Waals surface area (Å²) < 4.78 is 0. The van der Waals surface area contributed by atoms with Crippen molar-refractivity contribution in [2.75, 3.05) is 5.88 Å². The van der Waals surface area contributed by atoms with Crippen LogP contribution in [0.3, 0.4) is 0 Å². The van der Waals surface area contributed by atoms with Crippen LogP contribution in [0.5, 0.6) is 5.75 Å². The highest BCUT2D eigenvalue weighted by atomic mass is 35.5. The molecule has 0 aromatic heterocycles. The van der Waals surface area contributed by atoms with Gasteiger partial charge >= 0.3 is 0 Å². The van der Waals surface area contributed by atoms with Crippen molar-refractivity contribution in [2.45, 2.75) is 32.2 Å². The second kappa shape index (κ2) is 5.61. The van der Waals surface area contributed by atoms with Gasteiger partial charge in [0, 0.05) is 11.9 Å². The number of hydrogen-bond acceptors (Lipinski definition) is 2. The number of rotatable bonds is 3. The number of phenolic OH excluding ortho intramolecular Hbond substituents is 1. The van der Waals surface area contributed by atoms with E-state index in [1.165, 1.54) is 0 Å². The fourth-order valence-electron chi connectivity index (χ4n) is 2.49. The summed E-state index contributed by atoms with van der Waals surface area (Å²) in [7, 11) is 0. The minimum absolute atomic E-state index is 0.0351. The number of aryl methyl sites for hydroxylation is 1. The molecule has 0 spiro atoms. The topological polar surface area (TPSA) is 49.3 Å². The van der Waals surface area contributed by atoms with E-state index in [1.54, 1.807) is 12.1 Å². The Kier molecular flexibility index (Phi) is 4.12. The molecule has 1 saturated carbocycles. The number of phenols is 1. The second-order valence-electron chi connectivity index (χ2n) is 4.95. The number of alkyl halides is 1. The fourth-order valence-corrected chi connectivity index (χ4v) is 2.86. The zero-order valence-corrected chi connectivity index (χ0v) is 11.2. The molecule has 2 unspecified atom stereocenters. The zero-order chi connectivity index (χ0) is 13.1. The van der Waals surface area contributed by atoms with Crippen LogP contribution in [0.1, 0.15) is 35.2 Å². The highest BCUT2D eigenvalue weighted by Crippen LogP contribution is 2.27. The highest BCUT2D eigenvalue weighted by molar-refractivity contribution is 6.18. The monoisotopic (exact) mass is 267 g/mol. The van der Waals surface area contributed by atoms with E-state index in [0.717, 1.165) is 24.8 Å². The summed E-state index contributed by atoms with van der Waals surface area (Å²) in [6.45, 7) is 1.88. The summed E-state index contributed by atoms with van der Waals surface area (Å²) in [5.41, 5.74) is 1.27. The van der Waals surface area contributed by atoms with E-state index in [2.05, 4.69) is 5.32 Å². The molecule has 2 N–H and O–H groups in total. The predicted octanol–water partition coefficient (Wildman–Crippen LogP) is 2.84. The first-order valence-corrected chi connectivity index (χ1v) is 6.81. The molecule has 1 fully saturated rings. The summed E-state index contributed by atoms with van der Waals surface area (Å²) in [6.07, 6.45) is 3.13. The van der Waals surface area contributed by atoms with Crippen LogP contribution in [0.25, 0.3) is 0 Å². The second-order valence-corrected chi connectivity index (χ2v) is 5.25. The van der Waals surface area contributed by atoms with Crippen molar-refractivity contribution in [3.05, 3.63) is 29.3 Å². The first-order valence-electron chi connectivity index (χ1n) is 6.28. The Morgan fingerprint density at radius 2 is 2.28 bits per heavy atom. The standard InChI is InChI=1S/C14H18ClNO2/c1-9-5-6-11(13(17)7-9)14(18)16-12-4-2-3-10(12)8-15/h5-7,10,12,17H,2-4,8H2,1H3,(H,16,18). The molecule has 1 aromatic carbocycles. The Balaban J connectivity index is 2.07. The van der Waals surface area contributed by atoms with Gasteiger partial charge in [0.1, 0.15) is 5.75 Å². The molecular weight excluding hydrogens is 250 g/mol. The summed E-state index contributed by atoms with van der Waals surface area (Å²) in [5.74, 6) is 0.746. The quantitative estimate of drug-likeness (QED) is 0.828. The lowest BCUT2D eigenvalue weighted by Gasteiger charge is -2.19. The molecule has 0 saturated heterocycles. The SMILES string of the molecule is Cc1ccc(C(=O)NC2CCCC2CCl)c(O)c1. The Morgan fingerprint density at radius 3 is 2.94 bits per heavy atom. The van der Waals surface area contributed by atoms with Crippen molar-refractivity contribution in [1.29, 1.82) is 0 Å². The molecular formula is C14H18ClNO2. The van der Waals surface area contributed by atoms with Crippen molar-refractivity contribution in [3.8, 4) is 5.75 Å². The smallest absolute Gasteiger partial charge is 0.255 e. The lowest BCUT2D eigenvalue weighted by molar-refractivity contribution is 0.0927. The molecule has 0 aliphatic heterocycles. The van der Waals surface area contributed by atoms with Gasteiger partial charge in [0.05, 0.1) is 5.56 Å². The van der Waals surface area contributed by atoms with E-state index in [4.69, 9.17) is 11.6 Å². The van der Waals surface area contributed by atoms with Crippen molar-refractivity contribution in [2.24, 2.45) is 5.92 Å². The number of hydrogen-bond donors (Lipinski definition) is 2. The maximum Gasteiger partial charge on any atom is 0.255 e. The Morgan fingerprint density at radius 1 is 1.50 bits per heavy atom. The van der Waals surface area contributed by atoms with E-state index in [0.29, 0.717) is 17.4 Å². The Labute approximate surface area is 112 Å². The maximum atomic E-state index is 12.1. The molecule has 1 amide bonds. The van der Waals surface area contributed by atoms with E-state index in [1.807, 2.05) is 13.0 Å². The van der Waals surface area contributed by atoms with Crippen LogP contribution in [-0.4, -0.2) is 22.9 Å². The van der Waals surface area contributed by atoms with Crippen LogP contribution in [0.2, 0.25) is 0 Å². The van der Waals surface area contributed by atoms with E-state index in [-0.39, 0.29) is 17.7 Å². The molecule has 4 heteroatoms. The number of aromatic hydroxyl groups is 1. The highest BCUT2D eigenvalue weighted by Gasteiger charge is 2.28. The van der Waals surface area contributed by atoms with Crippen LogP contribution in [0.4, 0.5) is 0 Å². The van der Waals surface area contributed by atoms with Crippen LogP contribution in [0.15, 0.2) is 18.2 Å². The first-order chi connectivity index (χ1) is 8.61. The average Bonchev–Trinajstić information content (AvgIpc) is 2.76. The number of carbonyl (C=O) groups excluding carboxylic acids is 1. The van der Waals surface area contributed by atoms with Crippen molar-refractivity contribution < 1.29 is 9.90 Å². The number of amides is 1. The summed E-state index contributed by atoms with van der Waals surface area (Å²) in [6, 6.07) is 5.21.